The van der Waals surface area contributed by atoms with E-state index in [1.165, 1.54) is 30.9 Å². The van der Waals surface area contributed by atoms with Crippen molar-refractivity contribution in [3.8, 4) is 0 Å². The molecule has 0 radical (unpaired) electrons. The molecule has 1 aliphatic heterocycles. The van der Waals surface area contributed by atoms with E-state index >= 15 is 0 Å². The van der Waals surface area contributed by atoms with Crippen molar-refractivity contribution in [1.82, 2.24) is 4.90 Å². The summed E-state index contributed by atoms with van der Waals surface area (Å²) in [6.45, 7) is 7.19. The average Bonchev–Trinajstić information content (AvgIpc) is 2.52. The number of hydrogen-bond acceptors (Lipinski definition) is 7. The summed E-state index contributed by atoms with van der Waals surface area (Å²) >= 11 is 0. The number of rotatable bonds is 4. The Balaban J connectivity index is 2.24. The number of nitrogens with zero attached hydrogens (tertiary/aromatic N) is 2. The highest BCUT2D eigenvalue weighted by Crippen LogP contribution is 2.26. The number of amides is 2. The van der Waals surface area contributed by atoms with Crippen LogP contribution in [0.5, 0.6) is 0 Å². The van der Waals surface area contributed by atoms with Gasteiger partial charge in [0.2, 0.25) is 9.84 Å². The van der Waals surface area contributed by atoms with Gasteiger partial charge in [0.05, 0.1) is 30.2 Å². The predicted molar refractivity (Wildman–Crippen MR) is 100 cm³/mol. The molecule has 0 aromatic heterocycles. The van der Waals surface area contributed by atoms with Gasteiger partial charge in [0.1, 0.15) is 0 Å². The molecule has 2 rings (SSSR count). The molecule has 0 spiro atoms. The number of hydrogen-bond donors (Lipinski definition) is 1. The van der Waals surface area contributed by atoms with Crippen LogP contribution in [-0.4, -0.2) is 61.2 Å². The molecular weight excluding hydrogens is 390 g/mol. The molecule has 1 N–H and O–H groups in total. The van der Waals surface area contributed by atoms with Crippen molar-refractivity contribution in [1.29, 1.82) is 0 Å². The maximum Gasteiger partial charge on any atom is 0.313 e. The van der Waals surface area contributed by atoms with Crippen LogP contribution in [0.3, 0.4) is 0 Å². The first-order valence-electron chi connectivity index (χ1n) is 8.61. The molecular formula is C17H23N3O7S. The summed E-state index contributed by atoms with van der Waals surface area (Å²) in [6, 6.07) is 2.24. The number of sulfone groups is 1. The fourth-order valence-electron chi connectivity index (χ4n) is 3.42. The Bertz CT molecular complexity index is 880. The summed E-state index contributed by atoms with van der Waals surface area (Å²) in [7, 11) is -4.11. The van der Waals surface area contributed by atoms with Gasteiger partial charge in [-0.3, -0.25) is 19.7 Å². The summed E-state index contributed by atoms with van der Waals surface area (Å²) in [5.74, 6) is -2.77. The Morgan fingerprint density at radius 2 is 1.71 bits per heavy atom. The van der Waals surface area contributed by atoms with Crippen LogP contribution in [0.25, 0.3) is 0 Å². The first-order valence-corrected chi connectivity index (χ1v) is 10.3. The molecule has 1 saturated heterocycles. The molecule has 10 nitrogen and oxygen atoms in total. The van der Waals surface area contributed by atoms with E-state index in [-0.39, 0.29) is 33.8 Å². The van der Waals surface area contributed by atoms with Gasteiger partial charge in [0.25, 0.3) is 0 Å². The van der Waals surface area contributed by atoms with E-state index in [1.807, 2.05) is 0 Å². The van der Waals surface area contributed by atoms with E-state index in [0.717, 1.165) is 0 Å². The topological polar surface area (TPSA) is 136 Å². The molecule has 1 heterocycles. The van der Waals surface area contributed by atoms with Crippen LogP contribution in [-0.2, 0) is 24.2 Å². The van der Waals surface area contributed by atoms with E-state index in [4.69, 9.17) is 4.74 Å². The second-order valence-electron chi connectivity index (χ2n) is 6.92. The lowest BCUT2D eigenvalue weighted by Gasteiger charge is -2.38. The van der Waals surface area contributed by atoms with Crippen LogP contribution >= 0.6 is 0 Å². The van der Waals surface area contributed by atoms with Crippen molar-refractivity contribution in [3.63, 3.8) is 0 Å². The zero-order valence-corrected chi connectivity index (χ0v) is 16.9. The molecule has 1 aliphatic rings. The minimum absolute atomic E-state index is 0.149. The van der Waals surface area contributed by atoms with Gasteiger partial charge in [-0.1, -0.05) is 0 Å². The molecule has 154 valence electrons. The van der Waals surface area contributed by atoms with Crippen molar-refractivity contribution in [2.45, 2.75) is 44.7 Å². The Morgan fingerprint density at radius 3 is 2.18 bits per heavy atom. The van der Waals surface area contributed by atoms with Gasteiger partial charge in [0, 0.05) is 10.6 Å². The average molecular weight is 413 g/mol. The number of benzene rings is 1. The molecule has 2 atom stereocenters. The van der Waals surface area contributed by atoms with Crippen molar-refractivity contribution in [2.24, 2.45) is 0 Å². The van der Waals surface area contributed by atoms with E-state index in [2.05, 4.69) is 5.32 Å². The maximum atomic E-state index is 12.5. The number of carbonyl (C=O) groups is 2. The van der Waals surface area contributed by atoms with Gasteiger partial charge in [-0.15, -0.1) is 0 Å². The zero-order valence-electron chi connectivity index (χ0n) is 16.1. The Morgan fingerprint density at radius 1 is 1.21 bits per heavy atom. The summed E-state index contributed by atoms with van der Waals surface area (Å²) in [6.07, 6.45) is 0. The summed E-state index contributed by atoms with van der Waals surface area (Å²) < 4.78 is 29.8. The molecule has 11 heteroatoms. The lowest BCUT2D eigenvalue weighted by Crippen LogP contribution is -2.55. The van der Waals surface area contributed by atoms with Crippen LogP contribution in [0.15, 0.2) is 17.0 Å². The number of ether oxygens (including phenoxy) is 1. The zero-order chi connectivity index (χ0) is 21.2. The molecule has 28 heavy (non-hydrogen) atoms. The van der Waals surface area contributed by atoms with E-state index < -0.39 is 32.5 Å². The van der Waals surface area contributed by atoms with Gasteiger partial charge < -0.3 is 15.0 Å². The molecule has 1 fully saturated rings. The monoisotopic (exact) mass is 413 g/mol. The van der Waals surface area contributed by atoms with Gasteiger partial charge in [-0.05, 0) is 51.0 Å². The van der Waals surface area contributed by atoms with Gasteiger partial charge in [-0.2, -0.15) is 0 Å². The maximum absolute atomic E-state index is 12.5. The van der Waals surface area contributed by atoms with Gasteiger partial charge in [-0.25, -0.2) is 8.42 Å². The minimum Gasteiger partial charge on any atom is -0.377 e. The summed E-state index contributed by atoms with van der Waals surface area (Å²) in [5.41, 5.74) is 0.734. The SMILES string of the molecule is Cc1cc(NC(=O)C(=O)N2C(C)COCC2C)cc(C)c1S(=O)(=O)C[N+](=O)[O-]. The highest BCUT2D eigenvalue weighted by molar-refractivity contribution is 7.91. The molecule has 2 unspecified atom stereocenters. The molecule has 1 aromatic carbocycles. The van der Waals surface area contributed by atoms with Crippen molar-refractivity contribution >= 4 is 27.3 Å². The summed E-state index contributed by atoms with van der Waals surface area (Å²) in [5, 5.41) is 13.1. The predicted octanol–water partition coefficient (Wildman–Crippen LogP) is 0.886. The second kappa shape index (κ2) is 8.23. The lowest BCUT2D eigenvalue weighted by atomic mass is 10.1. The molecule has 2 amide bonds. The third kappa shape index (κ3) is 4.65. The fourth-order valence-corrected chi connectivity index (χ4v) is 4.93. The number of morpholine rings is 1. The second-order valence-corrected chi connectivity index (χ2v) is 8.81. The van der Waals surface area contributed by atoms with Crippen LogP contribution in [0.2, 0.25) is 0 Å². The van der Waals surface area contributed by atoms with Crippen LogP contribution < -0.4 is 5.32 Å². The first-order chi connectivity index (χ1) is 12.9. The summed E-state index contributed by atoms with van der Waals surface area (Å²) in [4.78, 5) is 35.9. The highest BCUT2D eigenvalue weighted by Gasteiger charge is 2.33. The molecule has 1 aromatic rings. The lowest BCUT2D eigenvalue weighted by molar-refractivity contribution is -0.458. The Hall–Kier alpha value is -2.53. The molecule has 0 bridgehead atoms. The van der Waals surface area contributed by atoms with Crippen molar-refractivity contribution in [3.05, 3.63) is 33.4 Å². The van der Waals surface area contributed by atoms with Gasteiger partial charge >= 0.3 is 17.7 Å². The van der Waals surface area contributed by atoms with E-state index in [9.17, 15) is 28.1 Å². The third-order valence-corrected chi connectivity index (χ3v) is 6.22. The first kappa shape index (κ1) is 21.8. The minimum atomic E-state index is -4.11. The molecule has 0 saturated carbocycles. The number of nitrogens with one attached hydrogen (secondary N) is 1. The third-order valence-electron chi connectivity index (χ3n) is 4.40. The van der Waals surface area contributed by atoms with Crippen molar-refractivity contribution < 1.29 is 27.7 Å². The number of aryl methyl sites for hydroxylation is 2. The van der Waals surface area contributed by atoms with Crippen molar-refractivity contribution in [2.75, 3.05) is 24.4 Å². The van der Waals surface area contributed by atoms with E-state index in [1.54, 1.807) is 13.8 Å². The van der Waals surface area contributed by atoms with E-state index in [0.29, 0.717) is 13.2 Å². The molecule has 0 aliphatic carbocycles. The number of anilines is 1. The Labute approximate surface area is 162 Å². The van der Waals surface area contributed by atoms with Crippen LogP contribution in [0.1, 0.15) is 25.0 Å². The fraction of sp³-hybridized carbons (Fsp3) is 0.529. The van der Waals surface area contributed by atoms with Crippen LogP contribution in [0.4, 0.5) is 5.69 Å². The smallest absolute Gasteiger partial charge is 0.313 e. The standard InChI is InChI=1S/C17H23N3O7S/c1-10-5-14(6-11(2)15(10)28(25,26)9-19(23)24)18-16(21)17(22)20-12(3)7-27-8-13(20)4/h5-6,12-13H,7-9H2,1-4H3,(H,18,21). The van der Waals surface area contributed by atoms with Crippen LogP contribution in [0, 0.1) is 24.0 Å². The number of carbonyl (C=O) groups excluding carboxylic acids is 2. The largest absolute Gasteiger partial charge is 0.377 e. The quantitative estimate of drug-likeness (QED) is 0.440. The highest BCUT2D eigenvalue weighted by atomic mass is 32.2. The Kier molecular flexibility index (Phi) is 6.40. The normalized spacial score (nSPS) is 19.9. The number of nitro groups is 1. The van der Waals surface area contributed by atoms with Gasteiger partial charge in [0.15, 0.2) is 0 Å².